The van der Waals surface area contributed by atoms with Crippen LogP contribution < -0.4 is 10.6 Å². The lowest BCUT2D eigenvalue weighted by atomic mass is 10.2. The Morgan fingerprint density at radius 2 is 1.67 bits per heavy atom. The summed E-state index contributed by atoms with van der Waals surface area (Å²) in [5.41, 5.74) is 10.1. The molecule has 0 saturated carbocycles. The van der Waals surface area contributed by atoms with E-state index in [4.69, 9.17) is 5.73 Å². The fraction of sp³-hybridized carbons (Fsp3) is 0.125. The van der Waals surface area contributed by atoms with E-state index in [1.165, 1.54) is 0 Å². The molecule has 0 atom stereocenters. The van der Waals surface area contributed by atoms with Crippen LogP contribution in [0, 0.1) is 0 Å². The van der Waals surface area contributed by atoms with E-state index in [0.29, 0.717) is 0 Å². The van der Waals surface area contributed by atoms with E-state index in [0.717, 1.165) is 29.2 Å². The van der Waals surface area contributed by atoms with Gasteiger partial charge < -0.3 is 10.6 Å². The fourth-order valence-electron chi connectivity index (χ4n) is 1.93. The monoisotopic (exact) mass is 238 g/mol. The van der Waals surface area contributed by atoms with Gasteiger partial charge in [-0.15, -0.1) is 0 Å². The van der Waals surface area contributed by atoms with Gasteiger partial charge in [0, 0.05) is 12.2 Å². The largest absolute Gasteiger partial charge is 0.397 e. The zero-order valence-electron chi connectivity index (χ0n) is 10.6. The second-order valence-electron chi connectivity index (χ2n) is 4.44. The second-order valence-corrected chi connectivity index (χ2v) is 4.44. The van der Waals surface area contributed by atoms with E-state index in [-0.39, 0.29) is 0 Å². The molecule has 2 aromatic carbocycles. The Morgan fingerprint density at radius 1 is 1.06 bits per heavy atom. The molecule has 0 aliphatic carbocycles. The summed E-state index contributed by atoms with van der Waals surface area (Å²) >= 11 is 0. The van der Waals surface area contributed by atoms with Gasteiger partial charge in [0.1, 0.15) is 0 Å². The number of anilines is 3. The number of hydrogen-bond donors (Lipinski definition) is 1. The van der Waals surface area contributed by atoms with Crippen LogP contribution >= 0.6 is 0 Å². The first-order valence-corrected chi connectivity index (χ1v) is 6.00. The summed E-state index contributed by atoms with van der Waals surface area (Å²) in [5, 5.41) is 0. The quantitative estimate of drug-likeness (QED) is 0.644. The molecule has 0 fully saturated rings. The first-order valence-electron chi connectivity index (χ1n) is 6.00. The number of rotatable bonds is 4. The van der Waals surface area contributed by atoms with Gasteiger partial charge in [-0.25, -0.2) is 0 Å². The van der Waals surface area contributed by atoms with Crippen molar-refractivity contribution in [3.63, 3.8) is 0 Å². The van der Waals surface area contributed by atoms with Crippen molar-refractivity contribution in [2.24, 2.45) is 0 Å². The maximum atomic E-state index is 6.06. The van der Waals surface area contributed by atoms with Gasteiger partial charge in [0.2, 0.25) is 0 Å². The van der Waals surface area contributed by atoms with Gasteiger partial charge in [-0.05, 0) is 31.2 Å². The molecule has 0 saturated heterocycles. The Labute approximate surface area is 108 Å². The second kappa shape index (κ2) is 5.41. The lowest BCUT2D eigenvalue weighted by Gasteiger charge is -2.26. The smallest absolute Gasteiger partial charge is 0.0647 e. The molecule has 0 aliphatic heterocycles. The molecule has 0 aliphatic rings. The highest BCUT2D eigenvalue weighted by molar-refractivity contribution is 5.75. The van der Waals surface area contributed by atoms with Crippen LogP contribution in [0.1, 0.15) is 6.92 Å². The van der Waals surface area contributed by atoms with Crippen LogP contribution in [0.5, 0.6) is 0 Å². The van der Waals surface area contributed by atoms with Gasteiger partial charge in [0.25, 0.3) is 0 Å². The number of benzene rings is 2. The van der Waals surface area contributed by atoms with Gasteiger partial charge in [0.05, 0.1) is 11.4 Å². The number of para-hydroxylation sites is 3. The van der Waals surface area contributed by atoms with Gasteiger partial charge in [-0.3, -0.25) is 0 Å². The van der Waals surface area contributed by atoms with Gasteiger partial charge in [-0.2, -0.15) is 0 Å². The van der Waals surface area contributed by atoms with E-state index >= 15 is 0 Å². The summed E-state index contributed by atoms with van der Waals surface area (Å²) in [6, 6.07) is 18.1. The Balaban J connectivity index is 2.44. The van der Waals surface area contributed by atoms with Crippen molar-refractivity contribution < 1.29 is 0 Å². The zero-order chi connectivity index (χ0) is 13.0. The molecule has 0 radical (unpaired) electrons. The first kappa shape index (κ1) is 12.2. The van der Waals surface area contributed by atoms with Crippen LogP contribution in [0.4, 0.5) is 17.1 Å². The van der Waals surface area contributed by atoms with Crippen molar-refractivity contribution in [2.75, 3.05) is 17.2 Å². The topological polar surface area (TPSA) is 29.3 Å². The predicted octanol–water partition coefficient (Wildman–Crippen LogP) is 3.98. The van der Waals surface area contributed by atoms with Crippen LogP contribution in [-0.4, -0.2) is 6.54 Å². The molecule has 2 rings (SSSR count). The third-order valence-electron chi connectivity index (χ3n) is 2.72. The molecule has 92 valence electrons. The van der Waals surface area contributed by atoms with Crippen LogP contribution in [0.25, 0.3) is 0 Å². The lowest BCUT2D eigenvalue weighted by molar-refractivity contribution is 1.04. The van der Waals surface area contributed by atoms with E-state index in [1.54, 1.807) is 0 Å². The summed E-state index contributed by atoms with van der Waals surface area (Å²) in [7, 11) is 0. The molecular weight excluding hydrogens is 220 g/mol. The molecule has 0 spiro atoms. The number of hydrogen-bond acceptors (Lipinski definition) is 2. The summed E-state index contributed by atoms with van der Waals surface area (Å²) in [6.07, 6.45) is 0. The average Bonchev–Trinajstić information content (AvgIpc) is 2.38. The normalized spacial score (nSPS) is 10.1. The highest BCUT2D eigenvalue weighted by Crippen LogP contribution is 2.30. The molecular formula is C16H18N2. The van der Waals surface area contributed by atoms with E-state index < -0.39 is 0 Å². The molecule has 0 aromatic heterocycles. The summed E-state index contributed by atoms with van der Waals surface area (Å²) < 4.78 is 0. The Kier molecular flexibility index (Phi) is 3.68. The molecule has 2 heteroatoms. The average molecular weight is 238 g/mol. The van der Waals surface area contributed by atoms with Crippen molar-refractivity contribution in [3.8, 4) is 0 Å². The standard InChI is InChI=1S/C16H18N2/c1-13(2)12-18(14-8-4-3-5-9-14)16-11-7-6-10-15(16)17/h3-11H,1,12,17H2,2H3. The highest BCUT2D eigenvalue weighted by Gasteiger charge is 2.11. The highest BCUT2D eigenvalue weighted by atomic mass is 15.1. The minimum atomic E-state index is 0.762. The Bertz CT molecular complexity index is 532. The number of nitrogens with zero attached hydrogens (tertiary/aromatic N) is 1. The lowest BCUT2D eigenvalue weighted by Crippen LogP contribution is -2.20. The van der Waals surface area contributed by atoms with Crippen LogP contribution in [0.15, 0.2) is 66.7 Å². The molecule has 0 unspecified atom stereocenters. The third kappa shape index (κ3) is 2.72. The summed E-state index contributed by atoms with van der Waals surface area (Å²) in [5.74, 6) is 0. The molecule has 0 bridgehead atoms. The third-order valence-corrected chi connectivity index (χ3v) is 2.72. The minimum absolute atomic E-state index is 0.762. The van der Waals surface area contributed by atoms with Crippen molar-refractivity contribution in [1.29, 1.82) is 0 Å². The van der Waals surface area contributed by atoms with Crippen LogP contribution in [0.2, 0.25) is 0 Å². The van der Waals surface area contributed by atoms with Gasteiger partial charge in [-0.1, -0.05) is 42.5 Å². The van der Waals surface area contributed by atoms with Crippen LogP contribution in [-0.2, 0) is 0 Å². The zero-order valence-corrected chi connectivity index (χ0v) is 10.6. The maximum absolute atomic E-state index is 6.06. The Hall–Kier alpha value is -2.22. The van der Waals surface area contributed by atoms with E-state index in [1.807, 2.05) is 49.4 Å². The minimum Gasteiger partial charge on any atom is -0.397 e. The number of nitrogens with two attached hydrogens (primary N) is 1. The van der Waals surface area contributed by atoms with Gasteiger partial charge >= 0.3 is 0 Å². The van der Waals surface area contributed by atoms with Crippen LogP contribution in [0.3, 0.4) is 0 Å². The molecule has 2 N–H and O–H groups in total. The molecule has 18 heavy (non-hydrogen) atoms. The molecule has 0 amide bonds. The molecule has 2 aromatic rings. The van der Waals surface area contributed by atoms with Crippen molar-refractivity contribution in [3.05, 3.63) is 66.7 Å². The SMILES string of the molecule is C=C(C)CN(c1ccccc1)c1ccccc1N. The van der Waals surface area contributed by atoms with Crippen molar-refractivity contribution >= 4 is 17.1 Å². The Morgan fingerprint density at radius 3 is 2.28 bits per heavy atom. The van der Waals surface area contributed by atoms with E-state index in [9.17, 15) is 0 Å². The fourth-order valence-corrected chi connectivity index (χ4v) is 1.93. The molecule has 0 heterocycles. The van der Waals surface area contributed by atoms with Gasteiger partial charge in [0.15, 0.2) is 0 Å². The van der Waals surface area contributed by atoms with Crippen molar-refractivity contribution in [1.82, 2.24) is 0 Å². The first-order chi connectivity index (χ1) is 8.68. The van der Waals surface area contributed by atoms with E-state index in [2.05, 4.69) is 23.6 Å². The summed E-state index contributed by atoms with van der Waals surface area (Å²) in [6.45, 7) is 6.78. The molecule has 2 nitrogen and oxygen atoms in total. The maximum Gasteiger partial charge on any atom is 0.0647 e. The summed E-state index contributed by atoms with van der Waals surface area (Å²) in [4.78, 5) is 2.18. The predicted molar refractivity (Wildman–Crippen MR) is 79.1 cm³/mol. The number of nitrogen functional groups attached to an aromatic ring is 1. The van der Waals surface area contributed by atoms with Crippen molar-refractivity contribution in [2.45, 2.75) is 6.92 Å².